The summed E-state index contributed by atoms with van der Waals surface area (Å²) in [6.45, 7) is 10.1. The molecule has 1 atom stereocenters. The molecule has 1 rings (SSSR count). The van der Waals surface area contributed by atoms with Crippen LogP contribution >= 0.6 is 0 Å². The summed E-state index contributed by atoms with van der Waals surface area (Å²) in [5.74, 6) is 0. The molecule has 1 heterocycles. The molecule has 1 N–H and O–H groups in total. The van der Waals surface area contributed by atoms with E-state index in [2.05, 4.69) is 35.0 Å². The molecule has 0 bridgehead atoms. The lowest BCUT2D eigenvalue weighted by Gasteiger charge is -2.37. The predicted octanol–water partition coefficient (Wildman–Crippen LogP) is 0.514. The van der Waals surface area contributed by atoms with E-state index in [0.717, 1.165) is 39.1 Å². The Balaban J connectivity index is 2.20. The fourth-order valence-electron chi connectivity index (χ4n) is 2.09. The molecule has 92 valence electrons. The van der Waals surface area contributed by atoms with E-state index in [1.165, 1.54) is 0 Å². The van der Waals surface area contributed by atoms with Crippen LogP contribution in [0.5, 0.6) is 0 Å². The molecular formula is C12H24N4. The third kappa shape index (κ3) is 4.09. The molecule has 0 saturated carbocycles. The first-order valence-electron chi connectivity index (χ1n) is 6.20. The molecule has 1 aliphatic heterocycles. The van der Waals surface area contributed by atoms with Gasteiger partial charge in [0, 0.05) is 38.8 Å². The van der Waals surface area contributed by atoms with Crippen LogP contribution in [0, 0.1) is 11.3 Å². The zero-order chi connectivity index (χ0) is 12.0. The maximum absolute atomic E-state index is 8.83. The monoisotopic (exact) mass is 224 g/mol. The molecule has 4 nitrogen and oxygen atoms in total. The number of rotatable bonds is 5. The predicted molar refractivity (Wildman–Crippen MR) is 66.2 cm³/mol. The van der Waals surface area contributed by atoms with Crippen molar-refractivity contribution in [2.24, 2.45) is 0 Å². The molecule has 4 heteroatoms. The first-order valence-corrected chi connectivity index (χ1v) is 6.20. The normalized spacial score (nSPS) is 20.9. The number of nitriles is 1. The van der Waals surface area contributed by atoms with Gasteiger partial charge in [-0.2, -0.15) is 5.26 Å². The van der Waals surface area contributed by atoms with E-state index in [0.29, 0.717) is 6.04 Å². The van der Waals surface area contributed by atoms with E-state index in [4.69, 9.17) is 5.26 Å². The fourth-order valence-corrected chi connectivity index (χ4v) is 2.09. The van der Waals surface area contributed by atoms with Crippen LogP contribution in [-0.4, -0.2) is 61.7 Å². The van der Waals surface area contributed by atoms with Crippen molar-refractivity contribution in [1.29, 1.82) is 5.26 Å². The van der Waals surface area contributed by atoms with Crippen molar-refractivity contribution in [3.05, 3.63) is 0 Å². The molecule has 0 aromatic heterocycles. The molecular weight excluding hydrogens is 200 g/mol. The minimum Gasteiger partial charge on any atom is -0.305 e. The van der Waals surface area contributed by atoms with Crippen molar-refractivity contribution in [2.45, 2.75) is 32.4 Å². The molecule has 0 radical (unpaired) electrons. The van der Waals surface area contributed by atoms with Crippen molar-refractivity contribution in [3.63, 3.8) is 0 Å². The Bertz CT molecular complexity index is 226. The lowest BCUT2D eigenvalue weighted by Crippen LogP contribution is -2.49. The van der Waals surface area contributed by atoms with Crippen LogP contribution in [0.2, 0.25) is 0 Å². The summed E-state index contributed by atoms with van der Waals surface area (Å²) in [6.07, 6.45) is 0.925. The van der Waals surface area contributed by atoms with Gasteiger partial charge in [-0.15, -0.1) is 0 Å². The summed E-state index contributed by atoms with van der Waals surface area (Å²) in [5, 5.41) is 11.9. The lowest BCUT2D eigenvalue weighted by atomic mass is 10.2. The number of hydrogen-bond acceptors (Lipinski definition) is 4. The average molecular weight is 224 g/mol. The maximum Gasteiger partial charge on any atom is 0.0962 e. The van der Waals surface area contributed by atoms with Crippen LogP contribution in [0.25, 0.3) is 0 Å². The molecule has 0 aromatic carbocycles. The molecule has 1 unspecified atom stereocenters. The van der Waals surface area contributed by atoms with Crippen molar-refractivity contribution < 1.29 is 0 Å². The van der Waals surface area contributed by atoms with Gasteiger partial charge in [-0.3, -0.25) is 4.90 Å². The highest BCUT2D eigenvalue weighted by Crippen LogP contribution is 2.06. The van der Waals surface area contributed by atoms with Gasteiger partial charge in [-0.1, -0.05) is 0 Å². The minimum atomic E-state index is 0.00290. The number of nitrogens with zero attached hydrogens (tertiary/aromatic N) is 3. The van der Waals surface area contributed by atoms with Gasteiger partial charge in [-0.05, 0) is 27.3 Å². The SMILES string of the molecule is CNC(C#N)CCN1CCN(C(C)C)CC1. The number of piperazine rings is 1. The molecule has 0 aromatic rings. The van der Waals surface area contributed by atoms with E-state index in [9.17, 15) is 0 Å². The Morgan fingerprint density at radius 1 is 1.25 bits per heavy atom. The van der Waals surface area contributed by atoms with E-state index in [1.54, 1.807) is 0 Å². The van der Waals surface area contributed by atoms with Gasteiger partial charge in [0.25, 0.3) is 0 Å². The van der Waals surface area contributed by atoms with E-state index >= 15 is 0 Å². The van der Waals surface area contributed by atoms with Gasteiger partial charge in [0.2, 0.25) is 0 Å². The Morgan fingerprint density at radius 3 is 2.31 bits per heavy atom. The van der Waals surface area contributed by atoms with Gasteiger partial charge >= 0.3 is 0 Å². The fraction of sp³-hybridized carbons (Fsp3) is 0.917. The Morgan fingerprint density at radius 2 is 1.88 bits per heavy atom. The molecule has 0 spiro atoms. The minimum absolute atomic E-state index is 0.00290. The van der Waals surface area contributed by atoms with E-state index in [1.807, 2.05) is 7.05 Å². The summed E-state index contributed by atoms with van der Waals surface area (Å²) in [5.41, 5.74) is 0. The van der Waals surface area contributed by atoms with Crippen molar-refractivity contribution >= 4 is 0 Å². The zero-order valence-electron chi connectivity index (χ0n) is 10.7. The summed E-state index contributed by atoms with van der Waals surface area (Å²) >= 11 is 0. The van der Waals surface area contributed by atoms with Crippen molar-refractivity contribution in [2.75, 3.05) is 39.8 Å². The van der Waals surface area contributed by atoms with Crippen LogP contribution in [0.3, 0.4) is 0 Å². The van der Waals surface area contributed by atoms with Gasteiger partial charge < -0.3 is 10.2 Å². The van der Waals surface area contributed by atoms with Gasteiger partial charge in [0.15, 0.2) is 0 Å². The molecule has 0 amide bonds. The highest BCUT2D eigenvalue weighted by molar-refractivity contribution is 4.89. The summed E-state index contributed by atoms with van der Waals surface area (Å²) < 4.78 is 0. The zero-order valence-corrected chi connectivity index (χ0v) is 10.7. The Hall–Kier alpha value is -0.630. The first kappa shape index (κ1) is 13.4. The standard InChI is InChI=1S/C12H24N4/c1-11(2)16-8-6-15(7-9-16)5-4-12(10-13)14-3/h11-12,14H,4-9H2,1-3H3. The number of hydrogen-bond donors (Lipinski definition) is 1. The highest BCUT2D eigenvalue weighted by atomic mass is 15.3. The second kappa shape index (κ2) is 6.85. The van der Waals surface area contributed by atoms with Crippen LogP contribution < -0.4 is 5.32 Å². The number of nitrogens with one attached hydrogen (secondary N) is 1. The second-order valence-corrected chi connectivity index (χ2v) is 4.73. The average Bonchev–Trinajstić information content (AvgIpc) is 2.31. The van der Waals surface area contributed by atoms with Gasteiger partial charge in [0.1, 0.15) is 0 Å². The third-order valence-electron chi connectivity index (χ3n) is 3.38. The molecule has 0 aliphatic carbocycles. The van der Waals surface area contributed by atoms with Crippen molar-refractivity contribution in [1.82, 2.24) is 15.1 Å². The molecule has 1 aliphatic rings. The lowest BCUT2D eigenvalue weighted by molar-refractivity contribution is 0.107. The third-order valence-corrected chi connectivity index (χ3v) is 3.38. The topological polar surface area (TPSA) is 42.3 Å². The largest absolute Gasteiger partial charge is 0.305 e. The first-order chi connectivity index (χ1) is 7.67. The smallest absolute Gasteiger partial charge is 0.0962 e. The van der Waals surface area contributed by atoms with E-state index in [-0.39, 0.29) is 6.04 Å². The summed E-state index contributed by atoms with van der Waals surface area (Å²) in [7, 11) is 1.85. The quantitative estimate of drug-likeness (QED) is 0.739. The van der Waals surface area contributed by atoms with E-state index < -0.39 is 0 Å². The highest BCUT2D eigenvalue weighted by Gasteiger charge is 2.18. The molecule has 16 heavy (non-hydrogen) atoms. The Labute approximate surface area is 99.2 Å². The van der Waals surface area contributed by atoms with Crippen LogP contribution in [0.1, 0.15) is 20.3 Å². The molecule has 1 fully saturated rings. The van der Waals surface area contributed by atoms with Crippen LogP contribution in [0.4, 0.5) is 0 Å². The second-order valence-electron chi connectivity index (χ2n) is 4.73. The van der Waals surface area contributed by atoms with Gasteiger partial charge in [-0.25, -0.2) is 0 Å². The van der Waals surface area contributed by atoms with Gasteiger partial charge in [0.05, 0.1) is 12.1 Å². The molecule has 1 saturated heterocycles. The van der Waals surface area contributed by atoms with Crippen LogP contribution in [0.15, 0.2) is 0 Å². The van der Waals surface area contributed by atoms with Crippen molar-refractivity contribution in [3.8, 4) is 6.07 Å². The van der Waals surface area contributed by atoms with Crippen LogP contribution in [-0.2, 0) is 0 Å². The summed E-state index contributed by atoms with van der Waals surface area (Å²) in [4.78, 5) is 4.97. The maximum atomic E-state index is 8.83. The Kier molecular flexibility index (Phi) is 5.75. The summed E-state index contributed by atoms with van der Waals surface area (Å²) in [6, 6.07) is 2.93.